The van der Waals surface area contributed by atoms with Crippen LogP contribution in [0.1, 0.15) is 5.69 Å². The normalized spacial score (nSPS) is 19.5. The van der Waals surface area contributed by atoms with E-state index in [-0.39, 0.29) is 24.8 Å². The number of hydrogen-bond donors (Lipinski definition) is 3. The predicted octanol–water partition coefficient (Wildman–Crippen LogP) is -1.19. The number of nitrogen functional groups attached to an aromatic ring is 1. The molecule has 0 saturated carbocycles. The first kappa shape index (κ1) is 10.8. The standard InChI is InChI=1S/C8H10N4O3S/c9-8-10-4(3-16-8)1-6(13)11-5-2-15-12-7(5)14/h3,5H,1-2H2,(H2,9,10)(H,11,13)(H,12,14)/t5-/m1/s1. The number of hydroxylamine groups is 1. The Morgan fingerprint density at radius 3 is 3.19 bits per heavy atom. The number of carbonyl (C=O) groups is 2. The highest BCUT2D eigenvalue weighted by Crippen LogP contribution is 2.11. The van der Waals surface area contributed by atoms with Gasteiger partial charge in [0.1, 0.15) is 12.6 Å². The van der Waals surface area contributed by atoms with Crippen LogP contribution in [0.25, 0.3) is 0 Å². The zero-order chi connectivity index (χ0) is 11.5. The molecule has 86 valence electrons. The zero-order valence-electron chi connectivity index (χ0n) is 8.23. The second kappa shape index (κ2) is 4.45. The van der Waals surface area contributed by atoms with Crippen LogP contribution >= 0.6 is 11.3 Å². The number of carbonyl (C=O) groups excluding carboxylic acids is 2. The molecule has 16 heavy (non-hydrogen) atoms. The van der Waals surface area contributed by atoms with Crippen LogP contribution in [0, 0.1) is 0 Å². The molecule has 0 unspecified atom stereocenters. The molecule has 0 radical (unpaired) electrons. The molecule has 0 aliphatic carbocycles. The van der Waals surface area contributed by atoms with E-state index in [1.54, 1.807) is 5.38 Å². The Balaban J connectivity index is 1.86. The summed E-state index contributed by atoms with van der Waals surface area (Å²) in [7, 11) is 0. The van der Waals surface area contributed by atoms with Gasteiger partial charge in [0.05, 0.1) is 12.1 Å². The second-order valence-electron chi connectivity index (χ2n) is 3.25. The van der Waals surface area contributed by atoms with Crippen molar-refractivity contribution in [2.45, 2.75) is 12.5 Å². The highest BCUT2D eigenvalue weighted by Gasteiger charge is 2.27. The number of anilines is 1. The zero-order valence-corrected chi connectivity index (χ0v) is 9.04. The van der Waals surface area contributed by atoms with Gasteiger partial charge in [-0.2, -0.15) is 0 Å². The molecule has 1 fully saturated rings. The first-order chi connectivity index (χ1) is 7.65. The lowest BCUT2D eigenvalue weighted by Gasteiger charge is -2.06. The lowest BCUT2D eigenvalue weighted by Crippen LogP contribution is -2.42. The summed E-state index contributed by atoms with van der Waals surface area (Å²) in [5.41, 5.74) is 8.18. The average molecular weight is 242 g/mol. The summed E-state index contributed by atoms with van der Waals surface area (Å²) in [6.45, 7) is 0.143. The van der Waals surface area contributed by atoms with Gasteiger partial charge in [-0.3, -0.25) is 14.4 Å². The number of hydrogen-bond acceptors (Lipinski definition) is 6. The van der Waals surface area contributed by atoms with Gasteiger partial charge in [-0.15, -0.1) is 11.3 Å². The van der Waals surface area contributed by atoms with Crippen LogP contribution in [0.5, 0.6) is 0 Å². The summed E-state index contributed by atoms with van der Waals surface area (Å²) in [4.78, 5) is 31.2. The first-order valence-electron chi connectivity index (χ1n) is 4.56. The number of nitrogens with two attached hydrogens (primary N) is 1. The third-order valence-electron chi connectivity index (χ3n) is 1.99. The lowest BCUT2D eigenvalue weighted by atomic mass is 10.2. The van der Waals surface area contributed by atoms with Crippen molar-refractivity contribution >= 4 is 28.3 Å². The average Bonchev–Trinajstić information content (AvgIpc) is 2.77. The van der Waals surface area contributed by atoms with E-state index in [0.29, 0.717) is 10.8 Å². The fourth-order valence-corrected chi connectivity index (χ4v) is 1.83. The van der Waals surface area contributed by atoms with Crippen molar-refractivity contribution in [3.05, 3.63) is 11.1 Å². The van der Waals surface area contributed by atoms with Crippen LogP contribution in [0.15, 0.2) is 5.38 Å². The molecule has 0 spiro atoms. The summed E-state index contributed by atoms with van der Waals surface area (Å²) in [5.74, 6) is -0.623. The van der Waals surface area contributed by atoms with Crippen LogP contribution in [0.4, 0.5) is 5.13 Å². The van der Waals surface area contributed by atoms with Gasteiger partial charge < -0.3 is 11.1 Å². The quantitative estimate of drug-likeness (QED) is 0.618. The van der Waals surface area contributed by atoms with Crippen LogP contribution in [0.2, 0.25) is 0 Å². The molecule has 0 aromatic carbocycles. The number of rotatable bonds is 3. The van der Waals surface area contributed by atoms with Gasteiger partial charge in [0.2, 0.25) is 5.91 Å². The van der Waals surface area contributed by atoms with Crippen molar-refractivity contribution in [2.24, 2.45) is 0 Å². The van der Waals surface area contributed by atoms with Crippen molar-refractivity contribution in [3.8, 4) is 0 Å². The molecule has 2 heterocycles. The second-order valence-corrected chi connectivity index (χ2v) is 4.14. The third kappa shape index (κ3) is 2.47. The van der Waals surface area contributed by atoms with Crippen LogP contribution in [0.3, 0.4) is 0 Å². The summed E-state index contributed by atoms with van der Waals surface area (Å²) in [6, 6.07) is -0.622. The Kier molecular flexibility index (Phi) is 3.02. The van der Waals surface area contributed by atoms with E-state index in [2.05, 4.69) is 20.6 Å². The highest BCUT2D eigenvalue weighted by molar-refractivity contribution is 7.13. The fraction of sp³-hybridized carbons (Fsp3) is 0.375. The summed E-state index contributed by atoms with van der Waals surface area (Å²) in [5, 5.41) is 4.66. The SMILES string of the molecule is Nc1nc(CC(=O)N[C@@H]2CONC2=O)cs1. The molecular formula is C8H10N4O3S. The van der Waals surface area contributed by atoms with Crippen molar-refractivity contribution in [1.29, 1.82) is 0 Å². The maximum Gasteiger partial charge on any atom is 0.268 e. The maximum absolute atomic E-state index is 11.5. The summed E-state index contributed by atoms with van der Waals surface area (Å²) < 4.78 is 0. The first-order valence-corrected chi connectivity index (χ1v) is 5.44. The van der Waals surface area contributed by atoms with E-state index in [1.807, 2.05) is 0 Å². The molecule has 1 saturated heterocycles. The summed E-state index contributed by atoms with van der Waals surface area (Å²) >= 11 is 1.27. The molecule has 1 aromatic rings. The van der Waals surface area contributed by atoms with E-state index in [0.717, 1.165) is 0 Å². The number of nitrogens with zero attached hydrogens (tertiary/aromatic N) is 1. The Hall–Kier alpha value is -1.67. The van der Waals surface area contributed by atoms with Gasteiger partial charge in [0.25, 0.3) is 5.91 Å². The minimum Gasteiger partial charge on any atom is -0.375 e. The Morgan fingerprint density at radius 1 is 1.81 bits per heavy atom. The molecule has 2 amide bonds. The van der Waals surface area contributed by atoms with Gasteiger partial charge in [-0.05, 0) is 0 Å². The Labute approximate surface area is 94.9 Å². The molecule has 1 aliphatic heterocycles. The molecule has 1 aliphatic rings. The molecule has 8 heteroatoms. The van der Waals surface area contributed by atoms with Crippen molar-refractivity contribution in [3.63, 3.8) is 0 Å². The largest absolute Gasteiger partial charge is 0.375 e. The Bertz CT molecular complexity index is 419. The minimum absolute atomic E-state index is 0.109. The van der Waals surface area contributed by atoms with E-state index in [4.69, 9.17) is 5.73 Å². The van der Waals surface area contributed by atoms with Crippen LogP contribution in [-0.4, -0.2) is 29.4 Å². The fourth-order valence-electron chi connectivity index (χ4n) is 1.26. The van der Waals surface area contributed by atoms with Gasteiger partial charge >= 0.3 is 0 Å². The Morgan fingerprint density at radius 2 is 2.62 bits per heavy atom. The molecule has 2 rings (SSSR count). The van der Waals surface area contributed by atoms with E-state index >= 15 is 0 Å². The molecule has 0 bridgehead atoms. The number of thiazole rings is 1. The van der Waals surface area contributed by atoms with Crippen molar-refractivity contribution in [1.82, 2.24) is 15.8 Å². The van der Waals surface area contributed by atoms with Gasteiger partial charge in [-0.1, -0.05) is 0 Å². The summed E-state index contributed by atoms with van der Waals surface area (Å²) in [6.07, 6.45) is 0.109. The topological polar surface area (TPSA) is 106 Å². The predicted molar refractivity (Wildman–Crippen MR) is 56.3 cm³/mol. The van der Waals surface area contributed by atoms with E-state index < -0.39 is 6.04 Å². The molecule has 7 nitrogen and oxygen atoms in total. The minimum atomic E-state index is -0.622. The monoisotopic (exact) mass is 242 g/mol. The smallest absolute Gasteiger partial charge is 0.268 e. The van der Waals surface area contributed by atoms with E-state index in [9.17, 15) is 9.59 Å². The van der Waals surface area contributed by atoms with Gasteiger partial charge in [0.15, 0.2) is 5.13 Å². The molecule has 4 N–H and O–H groups in total. The number of amides is 2. The van der Waals surface area contributed by atoms with Crippen molar-refractivity contribution < 1.29 is 14.4 Å². The van der Waals surface area contributed by atoms with Crippen LogP contribution < -0.4 is 16.5 Å². The number of aromatic nitrogens is 1. The number of nitrogens with one attached hydrogen (secondary N) is 2. The van der Waals surface area contributed by atoms with E-state index in [1.165, 1.54) is 11.3 Å². The van der Waals surface area contributed by atoms with Crippen molar-refractivity contribution in [2.75, 3.05) is 12.3 Å². The van der Waals surface area contributed by atoms with Crippen LogP contribution in [-0.2, 0) is 20.8 Å². The highest BCUT2D eigenvalue weighted by atomic mass is 32.1. The van der Waals surface area contributed by atoms with Gasteiger partial charge in [0, 0.05) is 5.38 Å². The molecule has 1 aromatic heterocycles. The maximum atomic E-state index is 11.5. The van der Waals surface area contributed by atoms with Gasteiger partial charge in [-0.25, -0.2) is 10.5 Å². The molecule has 1 atom stereocenters. The lowest BCUT2D eigenvalue weighted by molar-refractivity contribution is -0.128. The third-order valence-corrected chi connectivity index (χ3v) is 2.71. The molecular weight excluding hydrogens is 232 g/mol.